The summed E-state index contributed by atoms with van der Waals surface area (Å²) in [5.74, 6) is -1.49. The third kappa shape index (κ3) is 6.69. The Labute approximate surface area is 203 Å². The van der Waals surface area contributed by atoms with Gasteiger partial charge in [-0.25, -0.2) is 4.79 Å². The van der Waals surface area contributed by atoms with Gasteiger partial charge >= 0.3 is 5.97 Å². The monoisotopic (exact) mass is 488 g/mol. The number of nitrogens with zero attached hydrogens (tertiary/aromatic N) is 1. The average molecular weight is 489 g/mol. The molecule has 2 aromatic rings. The molecular formula is C24H30N3O8-. The third-order valence-corrected chi connectivity index (χ3v) is 4.88. The van der Waals surface area contributed by atoms with E-state index in [0.717, 1.165) is 0 Å². The van der Waals surface area contributed by atoms with Crippen LogP contribution in [-0.4, -0.2) is 48.9 Å². The first-order chi connectivity index (χ1) is 16.6. The van der Waals surface area contributed by atoms with Crippen LogP contribution >= 0.6 is 0 Å². The Kier molecular flexibility index (Phi) is 9.15. The summed E-state index contributed by atoms with van der Waals surface area (Å²) in [5, 5.41) is 26.5. The van der Waals surface area contributed by atoms with Crippen LogP contribution in [0.3, 0.4) is 0 Å². The van der Waals surface area contributed by atoms with E-state index in [4.69, 9.17) is 29.9 Å². The SMILES string of the molecule is CCOc1cc(OC(C)(C)C(=O)[O-])c(C(Nc2ccc(/C(N)=N/O)cc2)C(=O)OC)cc1OCC. The lowest BCUT2D eigenvalue weighted by Gasteiger charge is -2.30. The number of anilines is 1. The van der Waals surface area contributed by atoms with Gasteiger partial charge in [0.2, 0.25) is 0 Å². The smallest absolute Gasteiger partial charge is 0.333 e. The van der Waals surface area contributed by atoms with Crippen molar-refractivity contribution in [2.75, 3.05) is 25.6 Å². The van der Waals surface area contributed by atoms with E-state index in [1.807, 2.05) is 0 Å². The molecule has 4 N–H and O–H groups in total. The molecule has 11 heteroatoms. The maximum Gasteiger partial charge on any atom is 0.333 e. The average Bonchev–Trinajstić information content (AvgIpc) is 2.83. The molecule has 1 atom stereocenters. The van der Waals surface area contributed by atoms with Gasteiger partial charge < -0.3 is 45.1 Å². The maximum atomic E-state index is 12.9. The summed E-state index contributed by atoms with van der Waals surface area (Å²) in [7, 11) is 1.22. The molecule has 0 radical (unpaired) electrons. The van der Waals surface area contributed by atoms with E-state index in [1.54, 1.807) is 38.1 Å². The number of hydrogen-bond acceptors (Lipinski definition) is 10. The Hall–Kier alpha value is -4.15. The standard InChI is InChI=1S/C24H31N3O8/c1-6-33-18-12-16(17(13-19(18)34-7-2)35-24(3,4)23(29)30)20(22(28)32-5)26-15-10-8-14(9-11-15)21(25)27-31/h8-13,20,26,31H,6-7H2,1-5H3,(H2,25,27)(H,29,30)/p-1. The molecule has 11 nitrogen and oxygen atoms in total. The number of esters is 1. The van der Waals surface area contributed by atoms with Crippen LogP contribution in [0, 0.1) is 0 Å². The van der Waals surface area contributed by atoms with Crippen LogP contribution in [0.25, 0.3) is 0 Å². The Balaban J connectivity index is 2.64. The molecule has 35 heavy (non-hydrogen) atoms. The molecule has 0 aromatic heterocycles. The highest BCUT2D eigenvalue weighted by molar-refractivity contribution is 5.97. The highest BCUT2D eigenvalue weighted by Gasteiger charge is 2.31. The number of rotatable bonds is 12. The van der Waals surface area contributed by atoms with E-state index >= 15 is 0 Å². The molecule has 0 fully saturated rings. The molecule has 2 aromatic carbocycles. The van der Waals surface area contributed by atoms with Crippen molar-refractivity contribution in [3.63, 3.8) is 0 Å². The molecule has 0 amide bonds. The van der Waals surface area contributed by atoms with Crippen molar-refractivity contribution in [1.29, 1.82) is 0 Å². The van der Waals surface area contributed by atoms with Gasteiger partial charge in [0.15, 0.2) is 23.4 Å². The first-order valence-electron chi connectivity index (χ1n) is 10.8. The number of carbonyl (C=O) groups excluding carboxylic acids is 2. The highest BCUT2D eigenvalue weighted by atomic mass is 16.5. The van der Waals surface area contributed by atoms with Crippen LogP contribution in [0.4, 0.5) is 5.69 Å². The summed E-state index contributed by atoms with van der Waals surface area (Å²) in [5.41, 5.74) is 5.08. The van der Waals surface area contributed by atoms with Gasteiger partial charge in [0.1, 0.15) is 11.4 Å². The number of carboxylic acid groups (broad SMARTS) is 1. The first-order valence-corrected chi connectivity index (χ1v) is 10.8. The summed E-state index contributed by atoms with van der Waals surface area (Å²) < 4.78 is 22.1. The van der Waals surface area contributed by atoms with Gasteiger partial charge in [-0.1, -0.05) is 5.16 Å². The van der Waals surface area contributed by atoms with Crippen LogP contribution < -0.4 is 30.4 Å². The predicted molar refractivity (Wildman–Crippen MR) is 126 cm³/mol. The van der Waals surface area contributed by atoms with Crippen LogP contribution in [0.2, 0.25) is 0 Å². The summed E-state index contributed by atoms with van der Waals surface area (Å²) >= 11 is 0. The molecule has 0 aliphatic rings. The van der Waals surface area contributed by atoms with E-state index in [2.05, 4.69) is 10.5 Å². The molecule has 190 valence electrons. The van der Waals surface area contributed by atoms with Crippen LogP contribution in [0.1, 0.15) is 44.9 Å². The van der Waals surface area contributed by atoms with Gasteiger partial charge in [-0.2, -0.15) is 0 Å². The summed E-state index contributed by atoms with van der Waals surface area (Å²) in [6.45, 7) is 6.86. The van der Waals surface area contributed by atoms with Crippen molar-refractivity contribution in [2.45, 2.75) is 39.3 Å². The quantitative estimate of drug-likeness (QED) is 0.132. The van der Waals surface area contributed by atoms with Gasteiger partial charge in [0, 0.05) is 22.9 Å². The Morgan fingerprint density at radius 1 is 1.09 bits per heavy atom. The van der Waals surface area contributed by atoms with Crippen LogP contribution in [0.15, 0.2) is 41.6 Å². The van der Waals surface area contributed by atoms with Gasteiger partial charge in [-0.05, 0) is 58.0 Å². The normalized spacial score (nSPS) is 12.4. The first kappa shape index (κ1) is 27.1. The maximum absolute atomic E-state index is 12.9. The second-order valence-corrected chi connectivity index (χ2v) is 7.77. The molecule has 2 rings (SSSR count). The molecule has 0 heterocycles. The van der Waals surface area contributed by atoms with Gasteiger partial charge in [0.25, 0.3) is 0 Å². The molecular weight excluding hydrogens is 458 g/mol. The summed E-state index contributed by atoms with van der Waals surface area (Å²) in [4.78, 5) is 24.5. The number of carbonyl (C=O) groups is 2. The van der Waals surface area contributed by atoms with Crippen molar-refractivity contribution < 1.29 is 38.9 Å². The number of nitrogens with two attached hydrogens (primary N) is 1. The van der Waals surface area contributed by atoms with Crippen molar-refractivity contribution >= 4 is 23.5 Å². The van der Waals surface area contributed by atoms with Crippen molar-refractivity contribution in [2.24, 2.45) is 10.9 Å². The summed E-state index contributed by atoms with van der Waals surface area (Å²) in [6.07, 6.45) is 0. The van der Waals surface area contributed by atoms with Crippen LogP contribution in [0.5, 0.6) is 17.2 Å². The molecule has 0 bridgehead atoms. The number of amidine groups is 1. The van der Waals surface area contributed by atoms with Crippen LogP contribution in [-0.2, 0) is 14.3 Å². The predicted octanol–water partition coefficient (Wildman–Crippen LogP) is 1.81. The minimum absolute atomic E-state index is 0.0577. The number of nitrogens with one attached hydrogen (secondary N) is 1. The number of carboxylic acids is 1. The van der Waals surface area contributed by atoms with E-state index in [1.165, 1.54) is 33.1 Å². The largest absolute Gasteiger partial charge is 0.546 e. The highest BCUT2D eigenvalue weighted by Crippen LogP contribution is 2.40. The van der Waals surface area contributed by atoms with E-state index in [-0.39, 0.29) is 17.1 Å². The Morgan fingerprint density at radius 2 is 1.66 bits per heavy atom. The zero-order valence-corrected chi connectivity index (χ0v) is 20.3. The fraction of sp³-hybridized carbons (Fsp3) is 0.375. The molecule has 1 unspecified atom stereocenters. The third-order valence-electron chi connectivity index (χ3n) is 4.88. The molecule has 0 saturated heterocycles. The molecule has 0 aliphatic carbocycles. The minimum Gasteiger partial charge on any atom is -0.546 e. The lowest BCUT2D eigenvalue weighted by molar-refractivity contribution is -0.320. The van der Waals surface area contributed by atoms with Gasteiger partial charge in [-0.3, -0.25) is 0 Å². The zero-order valence-electron chi connectivity index (χ0n) is 20.3. The fourth-order valence-corrected chi connectivity index (χ4v) is 3.07. The molecule has 0 aliphatic heterocycles. The van der Waals surface area contributed by atoms with Crippen molar-refractivity contribution in [3.05, 3.63) is 47.5 Å². The van der Waals surface area contributed by atoms with Gasteiger partial charge in [0.05, 0.1) is 26.3 Å². The zero-order chi connectivity index (χ0) is 26.2. The Bertz CT molecular complexity index is 1070. The number of methoxy groups -OCH3 is 1. The lowest BCUT2D eigenvalue weighted by atomic mass is 10.0. The van der Waals surface area contributed by atoms with Gasteiger partial charge in [-0.15, -0.1) is 0 Å². The minimum atomic E-state index is -1.73. The second-order valence-electron chi connectivity index (χ2n) is 7.77. The second kappa shape index (κ2) is 11.8. The lowest BCUT2D eigenvalue weighted by Crippen LogP contribution is -2.48. The molecule has 0 saturated carbocycles. The topological polar surface area (TPSA) is 165 Å². The number of oxime groups is 1. The van der Waals surface area contributed by atoms with Crippen molar-refractivity contribution in [3.8, 4) is 17.2 Å². The number of ether oxygens (including phenoxy) is 4. The van der Waals surface area contributed by atoms with E-state index in [9.17, 15) is 14.7 Å². The molecule has 0 spiro atoms. The van der Waals surface area contributed by atoms with E-state index < -0.39 is 23.6 Å². The van der Waals surface area contributed by atoms with E-state index in [0.29, 0.717) is 36.0 Å². The number of benzene rings is 2. The number of aliphatic carboxylic acids is 1. The summed E-state index contributed by atoms with van der Waals surface area (Å²) in [6, 6.07) is 8.29. The van der Waals surface area contributed by atoms with Crippen molar-refractivity contribution in [1.82, 2.24) is 0 Å². The fourth-order valence-electron chi connectivity index (χ4n) is 3.07. The number of hydrogen-bond donors (Lipinski definition) is 3. The Morgan fingerprint density at radius 3 is 2.14 bits per heavy atom.